The number of rotatable bonds is 6. The number of carbonyl (C=O) groups excluding carboxylic acids is 2. The van der Waals surface area contributed by atoms with E-state index in [1.165, 1.54) is 10.9 Å². The number of amides is 1. The molecule has 0 saturated heterocycles. The summed E-state index contributed by atoms with van der Waals surface area (Å²) in [5.74, 6) is -1.26. The van der Waals surface area contributed by atoms with Crippen LogP contribution in [-0.4, -0.2) is 30.1 Å². The first kappa shape index (κ1) is 17.0. The summed E-state index contributed by atoms with van der Waals surface area (Å²) in [4.78, 5) is 25.0. The first-order chi connectivity index (χ1) is 12.1. The number of benzene rings is 2. The molecule has 0 aliphatic carbocycles. The van der Waals surface area contributed by atoms with Gasteiger partial charge in [-0.3, -0.25) is 4.79 Å². The van der Waals surface area contributed by atoms with Crippen LogP contribution in [0.2, 0.25) is 0 Å². The second kappa shape index (κ2) is 7.81. The predicted octanol–water partition coefficient (Wildman–Crippen LogP) is 3.12. The smallest absolute Gasteiger partial charge is 0.342 e. The van der Waals surface area contributed by atoms with Crippen molar-refractivity contribution in [2.24, 2.45) is 0 Å². The average molecular weight is 355 g/mol. The fourth-order valence-electron chi connectivity index (χ4n) is 2.43. The molecule has 0 radical (unpaired) electrons. The van der Waals surface area contributed by atoms with E-state index in [0.29, 0.717) is 6.54 Å². The molecule has 3 aromatic rings. The van der Waals surface area contributed by atoms with E-state index in [9.17, 15) is 14.7 Å². The molecular formula is C19H17NO4S. The zero-order valence-electron chi connectivity index (χ0n) is 13.4. The van der Waals surface area contributed by atoms with Crippen LogP contribution in [0.3, 0.4) is 0 Å². The van der Waals surface area contributed by atoms with Crippen LogP contribution in [-0.2, 0) is 16.0 Å². The average Bonchev–Trinajstić information content (AvgIpc) is 3.12. The Morgan fingerprint density at radius 1 is 1.08 bits per heavy atom. The monoisotopic (exact) mass is 355 g/mol. The number of thiophene rings is 1. The molecule has 0 bridgehead atoms. The number of carbonyl (C=O) groups is 2. The summed E-state index contributed by atoms with van der Waals surface area (Å²) in [5.41, 5.74) is 0.0464. The number of fused-ring (bicyclic) bond motifs is 1. The van der Waals surface area contributed by atoms with Gasteiger partial charge in [-0.15, -0.1) is 11.3 Å². The number of phenols is 1. The van der Waals surface area contributed by atoms with Crippen molar-refractivity contribution in [3.8, 4) is 5.75 Å². The molecule has 6 heteroatoms. The largest absolute Gasteiger partial charge is 0.507 e. The molecule has 0 spiro atoms. The fourth-order valence-corrected chi connectivity index (χ4v) is 3.14. The van der Waals surface area contributed by atoms with Gasteiger partial charge in [-0.1, -0.05) is 30.3 Å². The maximum Gasteiger partial charge on any atom is 0.342 e. The van der Waals surface area contributed by atoms with E-state index in [-0.39, 0.29) is 23.8 Å². The second-order valence-corrected chi connectivity index (χ2v) is 6.50. The molecule has 25 heavy (non-hydrogen) atoms. The van der Waals surface area contributed by atoms with E-state index in [1.54, 1.807) is 17.4 Å². The Labute approximate surface area is 148 Å². The molecule has 0 fully saturated rings. The molecule has 1 heterocycles. The molecule has 0 atom stereocenters. The van der Waals surface area contributed by atoms with E-state index in [4.69, 9.17) is 4.74 Å². The SMILES string of the molecule is O=C(COC(=O)c1cc2ccccc2cc1O)NCCc1cccs1. The normalized spacial score (nSPS) is 10.6. The minimum absolute atomic E-state index is 0.0464. The van der Waals surface area contributed by atoms with Crippen LogP contribution in [0.15, 0.2) is 53.9 Å². The number of phenolic OH excluding ortho intramolecular Hbond substituents is 1. The lowest BCUT2D eigenvalue weighted by Crippen LogP contribution is -2.30. The van der Waals surface area contributed by atoms with Gasteiger partial charge in [-0.05, 0) is 40.8 Å². The summed E-state index contributed by atoms with van der Waals surface area (Å²) in [5, 5.41) is 16.3. The molecule has 0 unspecified atom stereocenters. The minimum atomic E-state index is -0.725. The number of ether oxygens (including phenoxy) is 1. The van der Waals surface area contributed by atoms with Gasteiger partial charge in [0.05, 0.1) is 0 Å². The van der Waals surface area contributed by atoms with E-state index in [0.717, 1.165) is 17.2 Å². The summed E-state index contributed by atoms with van der Waals surface area (Å²) in [6, 6.07) is 14.4. The lowest BCUT2D eigenvalue weighted by Gasteiger charge is -2.08. The van der Waals surface area contributed by atoms with E-state index in [2.05, 4.69) is 5.32 Å². The van der Waals surface area contributed by atoms with Gasteiger partial charge in [0.2, 0.25) is 0 Å². The Hall–Kier alpha value is -2.86. The lowest BCUT2D eigenvalue weighted by atomic mass is 10.1. The second-order valence-electron chi connectivity index (χ2n) is 5.47. The molecule has 128 valence electrons. The van der Waals surface area contributed by atoms with E-state index < -0.39 is 5.97 Å². The molecule has 2 N–H and O–H groups in total. The lowest BCUT2D eigenvalue weighted by molar-refractivity contribution is -0.124. The van der Waals surface area contributed by atoms with Gasteiger partial charge in [0, 0.05) is 11.4 Å². The van der Waals surface area contributed by atoms with Crippen molar-refractivity contribution >= 4 is 34.0 Å². The van der Waals surface area contributed by atoms with Crippen molar-refractivity contribution in [2.75, 3.05) is 13.2 Å². The van der Waals surface area contributed by atoms with Gasteiger partial charge in [0.25, 0.3) is 5.91 Å². The number of esters is 1. The van der Waals surface area contributed by atoms with E-state index >= 15 is 0 Å². The molecule has 0 aliphatic heterocycles. The number of aromatic hydroxyl groups is 1. The highest BCUT2D eigenvalue weighted by Crippen LogP contribution is 2.25. The molecule has 3 rings (SSSR count). The van der Waals surface area contributed by atoms with Crippen LogP contribution in [0.1, 0.15) is 15.2 Å². The van der Waals surface area contributed by atoms with Crippen molar-refractivity contribution in [3.05, 3.63) is 64.4 Å². The number of hydrogen-bond donors (Lipinski definition) is 2. The first-order valence-corrected chi connectivity index (χ1v) is 8.69. The van der Waals surface area contributed by atoms with E-state index in [1.807, 2.05) is 41.8 Å². The minimum Gasteiger partial charge on any atom is -0.507 e. The van der Waals surface area contributed by atoms with Crippen LogP contribution in [0.25, 0.3) is 10.8 Å². The molecule has 5 nitrogen and oxygen atoms in total. The van der Waals surface area contributed by atoms with Gasteiger partial charge < -0.3 is 15.2 Å². The third-order valence-electron chi connectivity index (χ3n) is 3.69. The Kier molecular flexibility index (Phi) is 5.30. The van der Waals surface area contributed by atoms with Crippen LogP contribution in [0, 0.1) is 0 Å². The molecule has 0 saturated carbocycles. The predicted molar refractivity (Wildman–Crippen MR) is 96.9 cm³/mol. The Balaban J connectivity index is 1.53. The highest BCUT2D eigenvalue weighted by Gasteiger charge is 2.15. The highest BCUT2D eigenvalue weighted by molar-refractivity contribution is 7.09. The van der Waals surface area contributed by atoms with Gasteiger partial charge >= 0.3 is 5.97 Å². The summed E-state index contributed by atoms with van der Waals surface area (Å²) in [6.45, 7) is 0.105. The number of hydrogen-bond acceptors (Lipinski definition) is 5. The van der Waals surface area contributed by atoms with Crippen molar-refractivity contribution in [2.45, 2.75) is 6.42 Å². The highest BCUT2D eigenvalue weighted by atomic mass is 32.1. The van der Waals surface area contributed by atoms with Crippen molar-refractivity contribution < 1.29 is 19.4 Å². The number of nitrogens with one attached hydrogen (secondary N) is 1. The maximum absolute atomic E-state index is 12.1. The van der Waals surface area contributed by atoms with Crippen molar-refractivity contribution in [1.29, 1.82) is 0 Å². The third-order valence-corrected chi connectivity index (χ3v) is 4.63. The van der Waals surface area contributed by atoms with Crippen LogP contribution < -0.4 is 5.32 Å². The summed E-state index contributed by atoms with van der Waals surface area (Å²) >= 11 is 1.63. The van der Waals surface area contributed by atoms with Crippen molar-refractivity contribution in [1.82, 2.24) is 5.32 Å². The zero-order chi connectivity index (χ0) is 17.6. The van der Waals surface area contributed by atoms with Gasteiger partial charge in [0.1, 0.15) is 11.3 Å². The summed E-state index contributed by atoms with van der Waals surface area (Å²) < 4.78 is 5.00. The van der Waals surface area contributed by atoms with Gasteiger partial charge in [-0.25, -0.2) is 4.79 Å². The van der Waals surface area contributed by atoms with Gasteiger partial charge in [-0.2, -0.15) is 0 Å². The summed E-state index contributed by atoms with van der Waals surface area (Å²) in [7, 11) is 0. The fraction of sp³-hybridized carbons (Fsp3) is 0.158. The maximum atomic E-state index is 12.1. The topological polar surface area (TPSA) is 75.6 Å². The molecular weight excluding hydrogens is 338 g/mol. The summed E-state index contributed by atoms with van der Waals surface area (Å²) in [6.07, 6.45) is 0.739. The Morgan fingerprint density at radius 2 is 1.84 bits per heavy atom. The van der Waals surface area contributed by atoms with Gasteiger partial charge in [0.15, 0.2) is 6.61 Å². The molecule has 0 aliphatic rings. The standard InChI is InChI=1S/C19H17NO4S/c21-17-11-14-5-2-1-4-13(14)10-16(17)19(23)24-12-18(22)20-8-7-15-6-3-9-25-15/h1-6,9-11,21H,7-8,12H2,(H,20,22). The molecule has 1 aromatic heterocycles. The molecule has 1 amide bonds. The van der Waals surface area contributed by atoms with Crippen LogP contribution in [0.4, 0.5) is 0 Å². The first-order valence-electron chi connectivity index (χ1n) is 7.81. The quantitative estimate of drug-likeness (QED) is 0.666. The van der Waals surface area contributed by atoms with Crippen molar-refractivity contribution in [3.63, 3.8) is 0 Å². The molecule has 2 aromatic carbocycles. The Bertz CT molecular complexity index is 890. The van der Waals surface area contributed by atoms with Crippen LogP contribution >= 0.6 is 11.3 Å². The zero-order valence-corrected chi connectivity index (χ0v) is 14.2. The Morgan fingerprint density at radius 3 is 2.56 bits per heavy atom. The van der Waals surface area contributed by atoms with Crippen LogP contribution in [0.5, 0.6) is 5.75 Å². The third kappa shape index (κ3) is 4.36.